The largest absolute Gasteiger partial charge is 0.493 e. The van der Waals surface area contributed by atoms with E-state index in [0.717, 1.165) is 23.1 Å². The van der Waals surface area contributed by atoms with Gasteiger partial charge in [0.25, 0.3) is 0 Å². The van der Waals surface area contributed by atoms with Crippen LogP contribution >= 0.6 is 0 Å². The predicted molar refractivity (Wildman–Crippen MR) is 66.4 cm³/mol. The van der Waals surface area contributed by atoms with Crippen LogP contribution in [0.3, 0.4) is 0 Å². The Labute approximate surface area is 99.6 Å². The van der Waals surface area contributed by atoms with Crippen LogP contribution in [0.25, 0.3) is 10.9 Å². The average Bonchev–Trinajstić information content (AvgIpc) is 2.36. The quantitative estimate of drug-likeness (QED) is 0.875. The van der Waals surface area contributed by atoms with E-state index in [-0.39, 0.29) is 0 Å². The van der Waals surface area contributed by atoms with Crippen molar-refractivity contribution in [1.29, 1.82) is 0 Å². The predicted octanol–water partition coefficient (Wildman–Crippen LogP) is 1.79. The number of fused-ring (bicyclic) bond motifs is 1. The Morgan fingerprint density at radius 2 is 1.76 bits per heavy atom. The molecule has 0 saturated carbocycles. The Morgan fingerprint density at radius 1 is 1.12 bits per heavy atom. The summed E-state index contributed by atoms with van der Waals surface area (Å²) in [5, 5.41) is 0.778. The molecule has 0 aliphatic rings. The summed E-state index contributed by atoms with van der Waals surface area (Å²) in [7, 11) is 3.18. The van der Waals surface area contributed by atoms with Gasteiger partial charge in [-0.05, 0) is 6.07 Å². The standard InChI is InChI=1S/C12H15N3O2/c1-4-11-14-8-6-10(17-3)9(16-2)5-7(8)12(13)15-11/h5-6H,4H2,1-3H3,(H2,13,14,15). The second-order valence-corrected chi connectivity index (χ2v) is 3.60. The summed E-state index contributed by atoms with van der Waals surface area (Å²) in [5.74, 6) is 2.45. The molecule has 5 heteroatoms. The van der Waals surface area contributed by atoms with Crippen molar-refractivity contribution in [2.75, 3.05) is 20.0 Å². The summed E-state index contributed by atoms with van der Waals surface area (Å²) < 4.78 is 10.5. The first kappa shape index (κ1) is 11.4. The smallest absolute Gasteiger partial charge is 0.162 e. The van der Waals surface area contributed by atoms with Gasteiger partial charge in [-0.25, -0.2) is 9.97 Å². The van der Waals surface area contributed by atoms with Crippen LogP contribution < -0.4 is 15.2 Å². The maximum absolute atomic E-state index is 5.90. The Bertz CT molecular complexity index is 555. The van der Waals surface area contributed by atoms with Crippen molar-refractivity contribution in [3.05, 3.63) is 18.0 Å². The SMILES string of the molecule is CCc1nc(N)c2cc(OC)c(OC)cc2n1. The molecule has 1 aromatic carbocycles. The maximum atomic E-state index is 5.90. The number of nitrogens with zero attached hydrogens (tertiary/aromatic N) is 2. The third kappa shape index (κ3) is 1.95. The van der Waals surface area contributed by atoms with Gasteiger partial charge in [-0.15, -0.1) is 0 Å². The van der Waals surface area contributed by atoms with Crippen molar-refractivity contribution >= 4 is 16.7 Å². The van der Waals surface area contributed by atoms with E-state index < -0.39 is 0 Å². The van der Waals surface area contributed by atoms with Crippen molar-refractivity contribution in [3.63, 3.8) is 0 Å². The molecule has 2 aromatic rings. The van der Waals surface area contributed by atoms with E-state index in [2.05, 4.69) is 9.97 Å². The molecule has 5 nitrogen and oxygen atoms in total. The summed E-state index contributed by atoms with van der Waals surface area (Å²) >= 11 is 0. The molecular formula is C12H15N3O2. The molecule has 0 aliphatic carbocycles. The molecule has 0 spiro atoms. The van der Waals surface area contributed by atoms with Gasteiger partial charge in [-0.3, -0.25) is 0 Å². The second kappa shape index (κ2) is 4.45. The first-order chi connectivity index (χ1) is 8.19. The third-order valence-electron chi connectivity index (χ3n) is 2.59. The fourth-order valence-corrected chi connectivity index (χ4v) is 1.69. The van der Waals surface area contributed by atoms with Gasteiger partial charge in [-0.2, -0.15) is 0 Å². The van der Waals surface area contributed by atoms with Gasteiger partial charge in [0.15, 0.2) is 11.5 Å². The molecule has 0 unspecified atom stereocenters. The van der Waals surface area contributed by atoms with Gasteiger partial charge < -0.3 is 15.2 Å². The lowest BCUT2D eigenvalue weighted by molar-refractivity contribution is 0.356. The Kier molecular flexibility index (Phi) is 2.99. The summed E-state index contributed by atoms with van der Waals surface area (Å²) in [4.78, 5) is 8.63. The normalized spacial score (nSPS) is 10.5. The van der Waals surface area contributed by atoms with Crippen LogP contribution in [-0.2, 0) is 6.42 Å². The highest BCUT2D eigenvalue weighted by Crippen LogP contribution is 2.33. The molecule has 2 N–H and O–H groups in total. The van der Waals surface area contributed by atoms with Crippen LogP contribution in [0.2, 0.25) is 0 Å². The van der Waals surface area contributed by atoms with E-state index in [9.17, 15) is 0 Å². The molecule has 1 aromatic heterocycles. The zero-order valence-corrected chi connectivity index (χ0v) is 10.2. The molecular weight excluding hydrogens is 218 g/mol. The highest BCUT2D eigenvalue weighted by molar-refractivity contribution is 5.90. The molecule has 0 radical (unpaired) electrons. The highest BCUT2D eigenvalue weighted by atomic mass is 16.5. The van der Waals surface area contributed by atoms with E-state index in [1.54, 1.807) is 20.3 Å². The molecule has 0 aliphatic heterocycles. The fraction of sp³-hybridized carbons (Fsp3) is 0.333. The van der Waals surface area contributed by atoms with Gasteiger partial charge in [-0.1, -0.05) is 6.92 Å². The van der Waals surface area contributed by atoms with Gasteiger partial charge in [0.1, 0.15) is 11.6 Å². The number of ether oxygens (including phenoxy) is 2. The lowest BCUT2D eigenvalue weighted by atomic mass is 10.2. The molecule has 0 saturated heterocycles. The minimum absolute atomic E-state index is 0.466. The topological polar surface area (TPSA) is 70.3 Å². The number of nitrogen functional groups attached to an aromatic ring is 1. The minimum Gasteiger partial charge on any atom is -0.493 e. The van der Waals surface area contributed by atoms with Crippen molar-refractivity contribution < 1.29 is 9.47 Å². The fourth-order valence-electron chi connectivity index (χ4n) is 1.69. The van der Waals surface area contributed by atoms with Gasteiger partial charge in [0, 0.05) is 17.9 Å². The third-order valence-corrected chi connectivity index (χ3v) is 2.59. The minimum atomic E-state index is 0.466. The molecule has 1 heterocycles. The molecule has 17 heavy (non-hydrogen) atoms. The zero-order valence-electron chi connectivity index (χ0n) is 10.2. The van der Waals surface area contributed by atoms with Crippen molar-refractivity contribution in [2.45, 2.75) is 13.3 Å². The van der Waals surface area contributed by atoms with Crippen LogP contribution in [0, 0.1) is 0 Å². The zero-order chi connectivity index (χ0) is 12.4. The van der Waals surface area contributed by atoms with E-state index in [1.807, 2.05) is 13.0 Å². The Morgan fingerprint density at radius 3 is 2.35 bits per heavy atom. The number of hydrogen-bond acceptors (Lipinski definition) is 5. The summed E-state index contributed by atoms with van der Waals surface area (Å²) in [6, 6.07) is 3.61. The van der Waals surface area contributed by atoms with Gasteiger partial charge in [0.05, 0.1) is 19.7 Å². The number of methoxy groups -OCH3 is 2. The van der Waals surface area contributed by atoms with Gasteiger partial charge >= 0.3 is 0 Å². The van der Waals surface area contributed by atoms with E-state index in [0.29, 0.717) is 17.3 Å². The number of benzene rings is 1. The summed E-state index contributed by atoms with van der Waals surface area (Å²) in [5.41, 5.74) is 6.67. The maximum Gasteiger partial charge on any atom is 0.162 e. The first-order valence-electron chi connectivity index (χ1n) is 5.37. The number of nitrogens with two attached hydrogens (primary N) is 1. The van der Waals surface area contributed by atoms with Crippen molar-refractivity contribution in [3.8, 4) is 11.5 Å². The number of hydrogen-bond donors (Lipinski definition) is 1. The lowest BCUT2D eigenvalue weighted by Gasteiger charge is -2.10. The lowest BCUT2D eigenvalue weighted by Crippen LogP contribution is -2.01. The van der Waals surface area contributed by atoms with Crippen LogP contribution in [0.5, 0.6) is 11.5 Å². The molecule has 0 atom stereocenters. The van der Waals surface area contributed by atoms with Crippen LogP contribution in [0.15, 0.2) is 12.1 Å². The van der Waals surface area contributed by atoms with Gasteiger partial charge in [0.2, 0.25) is 0 Å². The van der Waals surface area contributed by atoms with E-state index in [4.69, 9.17) is 15.2 Å². The monoisotopic (exact) mass is 233 g/mol. The molecule has 0 amide bonds. The van der Waals surface area contributed by atoms with Crippen molar-refractivity contribution in [1.82, 2.24) is 9.97 Å². The molecule has 0 bridgehead atoms. The van der Waals surface area contributed by atoms with E-state index in [1.165, 1.54) is 0 Å². The van der Waals surface area contributed by atoms with Crippen LogP contribution in [0.1, 0.15) is 12.7 Å². The summed E-state index contributed by atoms with van der Waals surface area (Å²) in [6.07, 6.45) is 0.745. The van der Waals surface area contributed by atoms with E-state index >= 15 is 0 Å². The molecule has 90 valence electrons. The second-order valence-electron chi connectivity index (χ2n) is 3.60. The first-order valence-corrected chi connectivity index (χ1v) is 5.37. The number of aryl methyl sites for hydroxylation is 1. The molecule has 0 fully saturated rings. The van der Waals surface area contributed by atoms with Crippen molar-refractivity contribution in [2.24, 2.45) is 0 Å². The molecule has 2 rings (SSSR count). The Hall–Kier alpha value is -2.04. The number of aromatic nitrogens is 2. The average molecular weight is 233 g/mol. The summed E-state index contributed by atoms with van der Waals surface area (Å²) in [6.45, 7) is 1.99. The highest BCUT2D eigenvalue weighted by Gasteiger charge is 2.10. The number of rotatable bonds is 3. The Balaban J connectivity index is 2.73. The number of anilines is 1. The van der Waals surface area contributed by atoms with Crippen LogP contribution in [-0.4, -0.2) is 24.2 Å². The van der Waals surface area contributed by atoms with Crippen LogP contribution in [0.4, 0.5) is 5.82 Å².